The minimum atomic E-state index is -2.88. The molecule has 3 aliphatic heterocycles. The van der Waals surface area contributed by atoms with Crippen molar-refractivity contribution in [3.8, 4) is 0 Å². The second-order valence-electron chi connectivity index (χ2n) is 26.3. The molecule has 2 aromatic carbocycles. The molecule has 0 unspecified atom stereocenters. The van der Waals surface area contributed by atoms with Crippen molar-refractivity contribution < 1.29 is 61.3 Å². The van der Waals surface area contributed by atoms with E-state index in [0.29, 0.717) is 47.7 Å². The number of rotatable bonds is 14. The Balaban J connectivity index is 1.57. The molecule has 17 heteroatoms. The summed E-state index contributed by atoms with van der Waals surface area (Å²) in [6.45, 7) is 31.6. The van der Waals surface area contributed by atoms with Gasteiger partial charge in [0.2, 0.25) is 5.91 Å². The minimum Gasteiger partial charge on any atom is -0.456 e. The highest BCUT2D eigenvalue weighted by atomic mass is 28.4. The maximum absolute atomic E-state index is 17.3. The molecule has 0 aromatic heterocycles. The lowest BCUT2D eigenvalue weighted by Crippen LogP contribution is -2.82. The molecule has 3 aliphatic carbocycles. The van der Waals surface area contributed by atoms with Crippen LogP contribution in [0.1, 0.15) is 163 Å². The van der Waals surface area contributed by atoms with Crippen LogP contribution in [0.4, 0.5) is 0 Å². The number of carbonyl (C=O) groups excluding carboxylic acids is 5. The Morgan fingerprint density at radius 3 is 1.96 bits per heavy atom. The van der Waals surface area contributed by atoms with Crippen LogP contribution in [-0.2, 0) is 57.8 Å². The molecule has 0 spiro atoms. The van der Waals surface area contributed by atoms with Crippen LogP contribution in [0, 0.1) is 16.7 Å². The lowest BCUT2D eigenvalue weighted by atomic mass is 9.44. The Kier molecular flexibility index (Phi) is 19.8. The van der Waals surface area contributed by atoms with Crippen LogP contribution in [0.15, 0.2) is 77.9 Å². The van der Waals surface area contributed by atoms with E-state index in [9.17, 15) is 14.7 Å². The number of ketones is 1. The van der Waals surface area contributed by atoms with Gasteiger partial charge < -0.3 is 42.6 Å². The molecule has 2 N–H and O–H groups in total. The Morgan fingerprint density at radius 1 is 0.802 bits per heavy atom. The molecule has 3 fully saturated rings. The Labute approximate surface area is 487 Å². The Hall–Kier alpha value is -4.08. The summed E-state index contributed by atoms with van der Waals surface area (Å²) in [7, 11) is -8.32. The van der Waals surface area contributed by atoms with Gasteiger partial charge in [-0.3, -0.25) is 14.4 Å². The van der Waals surface area contributed by atoms with Gasteiger partial charge in [-0.2, -0.15) is 0 Å². The number of hydrogen-bond donors (Lipinski definition) is 2. The molecule has 8 rings (SSSR count). The molecule has 1 amide bonds. The number of ether oxygens (including phenoxy) is 4. The van der Waals surface area contributed by atoms with Crippen LogP contribution in [0.3, 0.4) is 0 Å². The first-order valence-electron chi connectivity index (χ1n) is 30.4. The molecule has 11 atom stereocenters. The fraction of sp³-hybridized carbons (Fsp3) is 0.672. The monoisotopic (exact) mass is 1170 g/mol. The van der Waals surface area contributed by atoms with Crippen molar-refractivity contribution in [2.45, 2.75) is 250 Å². The molecule has 6 aliphatic rings. The van der Waals surface area contributed by atoms with Crippen LogP contribution in [0.25, 0.3) is 0 Å². The van der Waals surface area contributed by atoms with Crippen molar-refractivity contribution in [3.63, 3.8) is 0 Å². The van der Waals surface area contributed by atoms with Gasteiger partial charge in [0.05, 0.1) is 35.6 Å². The lowest BCUT2D eigenvalue weighted by Gasteiger charge is -2.68. The number of amides is 1. The third-order valence-electron chi connectivity index (χ3n) is 20.7. The van der Waals surface area contributed by atoms with Crippen LogP contribution >= 0.6 is 0 Å². The van der Waals surface area contributed by atoms with Gasteiger partial charge in [0.15, 0.2) is 42.4 Å². The third kappa shape index (κ3) is 12.1. The van der Waals surface area contributed by atoms with Crippen LogP contribution in [0.2, 0.25) is 54.4 Å². The minimum absolute atomic E-state index is 0.148. The summed E-state index contributed by atoms with van der Waals surface area (Å²) in [5.41, 5.74) is -4.19. The van der Waals surface area contributed by atoms with Crippen molar-refractivity contribution in [3.05, 3.63) is 94.6 Å². The summed E-state index contributed by atoms with van der Waals surface area (Å²) >= 11 is 0. The number of allylic oxidation sites excluding steroid dienone is 2. The topological polar surface area (TPSA) is 182 Å². The summed E-state index contributed by atoms with van der Waals surface area (Å²) in [6.07, 6.45) is -0.308. The van der Waals surface area contributed by atoms with Gasteiger partial charge in [-0.25, -0.2) is 9.59 Å². The molecule has 14 nitrogen and oxygen atoms in total. The molecular weight excluding hydrogens is 1070 g/mol. The van der Waals surface area contributed by atoms with E-state index in [0.717, 1.165) is 36.5 Å². The highest BCUT2D eigenvalue weighted by Crippen LogP contribution is 2.66. The number of carbonyl (C=O) groups is 5. The van der Waals surface area contributed by atoms with Crippen LogP contribution in [-0.4, -0.2) is 114 Å². The first kappa shape index (κ1) is 64.5. The van der Waals surface area contributed by atoms with Crippen molar-refractivity contribution in [2.24, 2.45) is 16.7 Å². The van der Waals surface area contributed by atoms with Gasteiger partial charge in [-0.1, -0.05) is 131 Å². The van der Waals surface area contributed by atoms with Gasteiger partial charge in [0, 0.05) is 31.6 Å². The molecule has 5 bridgehead atoms. The molecule has 448 valence electrons. The summed E-state index contributed by atoms with van der Waals surface area (Å²) in [5.74, 6) is -4.05. The summed E-state index contributed by atoms with van der Waals surface area (Å²) in [4.78, 5) is 76.8. The zero-order valence-electron chi connectivity index (χ0n) is 51.7. The summed E-state index contributed by atoms with van der Waals surface area (Å²) < 4.78 is 49.6. The summed E-state index contributed by atoms with van der Waals surface area (Å²) in [6, 6.07) is 19.8. The molecule has 2 aromatic rings. The van der Waals surface area contributed by atoms with Gasteiger partial charge in [-0.05, 0) is 128 Å². The van der Waals surface area contributed by atoms with Gasteiger partial charge in [-0.15, -0.1) is 0 Å². The molecule has 3 heterocycles. The predicted octanol–water partition coefficient (Wildman–Crippen LogP) is 12.6. The largest absolute Gasteiger partial charge is 0.456 e. The van der Waals surface area contributed by atoms with E-state index >= 15 is 14.4 Å². The maximum atomic E-state index is 17.3. The van der Waals surface area contributed by atoms with E-state index in [2.05, 4.69) is 79.8 Å². The van der Waals surface area contributed by atoms with Crippen LogP contribution in [0.5, 0.6) is 0 Å². The van der Waals surface area contributed by atoms with E-state index in [1.807, 2.05) is 83.3 Å². The molecule has 81 heavy (non-hydrogen) atoms. The lowest BCUT2D eigenvalue weighted by molar-refractivity contribution is -0.344. The Bertz CT molecular complexity index is 2640. The molecule has 1 saturated heterocycles. The van der Waals surface area contributed by atoms with E-state index in [1.165, 1.54) is 6.92 Å². The van der Waals surface area contributed by atoms with E-state index in [1.54, 1.807) is 12.1 Å². The zero-order valence-corrected chi connectivity index (χ0v) is 54.7. The molecule has 0 radical (unpaired) electrons. The highest BCUT2D eigenvalue weighted by molar-refractivity contribution is 6.74. The average Bonchev–Trinajstić information content (AvgIpc) is 3.32. The predicted molar refractivity (Wildman–Crippen MR) is 322 cm³/mol. The normalized spacial score (nSPS) is 31.6. The number of benzene rings is 2. The number of nitrogens with one attached hydrogen (secondary N) is 1. The number of esters is 3. The Morgan fingerprint density at radius 2 is 1.41 bits per heavy atom. The van der Waals surface area contributed by atoms with Gasteiger partial charge >= 0.3 is 17.9 Å². The number of fused-ring (bicyclic) bond motifs is 18. The smallest absolute Gasteiger partial charge is 0.338 e. The van der Waals surface area contributed by atoms with E-state index < -0.39 is 113 Å². The highest BCUT2D eigenvalue weighted by Gasteiger charge is 2.79. The second-order valence-corrected chi connectivity index (χ2v) is 40.5. The number of hydrogen-bond acceptors (Lipinski definition) is 13. The third-order valence-corrected chi connectivity index (χ3v) is 34.4. The molecule has 2 saturated carbocycles. The number of aliphatic hydroxyl groups is 1. The fourth-order valence-corrected chi connectivity index (χ4v) is 20.7. The maximum Gasteiger partial charge on any atom is 0.338 e. The van der Waals surface area contributed by atoms with Gasteiger partial charge in [0.25, 0.3) is 0 Å². The number of Topliss-reactive ketones (excluding diaryl/α,β-unsaturated/α-hetero) is 1. The van der Waals surface area contributed by atoms with Crippen molar-refractivity contribution in [1.82, 2.24) is 5.32 Å². The zero-order chi connectivity index (χ0) is 59.7. The fourth-order valence-electron chi connectivity index (χ4n) is 13.8. The first-order chi connectivity index (χ1) is 38.0. The summed E-state index contributed by atoms with van der Waals surface area (Å²) in [5, 5.41) is 17.7. The van der Waals surface area contributed by atoms with Crippen molar-refractivity contribution in [2.75, 3.05) is 6.61 Å². The van der Waals surface area contributed by atoms with Gasteiger partial charge in [0.1, 0.15) is 30.0 Å². The SMILES string of the molecule is CC[Si](CC)(CC)O[C@H]1C(=O)[C@@]2(C)[C@@H](O[Si](CC)(CC)CC)C[C@H]3OC[C@@]3(OC(C)=O)[C@@H]2[C@H]2OC(=O)c3ccc(cc3)CC=CCCCCC(=O)N[C@@H](c3ccccc3)[C@H](O[Si](C)(C)C(C)(C)C)C(=O)O[C@@H]3C[C@]2(O)C(C)(C)C1=C3C. The second kappa shape index (κ2) is 24.9. The standard InChI is InChI=1S/C64H97NO13Si3/c1-17-80(18-2,19-3)76-48-39-49-63(41-72-49,75-43(8)66)55-57-64(71)40-47(42(7)51(61(64,12)13)53(56(68)62(48,55)14)78-81(20-4,21-5)22-6)73-59(70)54(77-79(15,16)60(9,10)11)52(45-32-28-26-29-33-45)65-50(67)34-30-25-23-24-27-31-44-35-37-46(38-36-44)58(69)74-57/h24,26-29,32-33,35-38,47-49,52-55,57,71H,17-23,25,30-31,34,39-41H2,1-16H3,(H,65,67)/t47-,48+,49-,52+,53-,54+,55-,57-,62+,63+,64-/m1/s1. The first-order valence-corrected chi connectivity index (χ1v) is 38.3. The average molecular weight is 1170 g/mol. The quantitative estimate of drug-likeness (QED) is 0.0790. The van der Waals surface area contributed by atoms with Crippen LogP contribution < -0.4 is 5.32 Å². The van der Waals surface area contributed by atoms with Crippen molar-refractivity contribution >= 4 is 54.6 Å². The van der Waals surface area contributed by atoms with Crippen molar-refractivity contribution in [1.29, 1.82) is 0 Å². The van der Waals surface area contributed by atoms with E-state index in [-0.39, 0.29) is 48.2 Å². The molecular formula is C64H97NO13Si3. The van der Waals surface area contributed by atoms with E-state index in [4.69, 9.17) is 32.2 Å².